The molecule has 1 fully saturated rings. The average Bonchev–Trinajstić information content (AvgIpc) is 2.86. The van der Waals surface area contributed by atoms with Gasteiger partial charge in [0.05, 0.1) is 31.4 Å². The highest BCUT2D eigenvalue weighted by Gasteiger charge is 2.63. The summed E-state index contributed by atoms with van der Waals surface area (Å²) < 4.78 is 5.33. The number of phenols is 1. The van der Waals surface area contributed by atoms with Crippen LogP contribution >= 0.6 is 0 Å². The number of morpholine rings is 1. The predicted molar refractivity (Wildman–Crippen MR) is 135 cm³/mol. The fourth-order valence-corrected chi connectivity index (χ4v) is 6.56. The highest BCUT2D eigenvalue weighted by atomic mass is 16.5. The summed E-state index contributed by atoms with van der Waals surface area (Å²) in [6.07, 6.45) is 0.0195. The van der Waals surface area contributed by atoms with Gasteiger partial charge in [-0.2, -0.15) is 0 Å². The number of ketones is 3. The fraction of sp³-hybridized carbons (Fsp3) is 0.481. The van der Waals surface area contributed by atoms with Gasteiger partial charge >= 0.3 is 0 Å². The molecule has 1 aromatic rings. The lowest BCUT2D eigenvalue weighted by molar-refractivity contribution is -0.148. The Hall–Kier alpha value is -3.58. The molecule has 12 nitrogen and oxygen atoms in total. The molecule has 0 radical (unpaired) electrons. The number of nitrogens with two attached hydrogens (primary N) is 1. The molecule has 1 aliphatic heterocycles. The minimum Gasteiger partial charge on any atom is -0.510 e. The first-order chi connectivity index (χ1) is 18.4. The number of nitrogens with zero attached hydrogens (tertiary/aromatic N) is 2. The number of carbonyl (C=O) groups excluding carboxylic acids is 4. The Morgan fingerprint density at radius 2 is 1.82 bits per heavy atom. The van der Waals surface area contributed by atoms with Gasteiger partial charge < -0.3 is 30.9 Å². The van der Waals surface area contributed by atoms with Crippen LogP contribution in [0.5, 0.6) is 5.75 Å². The number of benzene rings is 1. The first-order valence-electron chi connectivity index (χ1n) is 12.7. The fourth-order valence-electron chi connectivity index (χ4n) is 6.56. The molecule has 6 N–H and O–H groups in total. The predicted octanol–water partition coefficient (Wildman–Crippen LogP) is -0.364. The molecule has 208 valence electrons. The zero-order valence-electron chi connectivity index (χ0n) is 21.6. The Morgan fingerprint density at radius 1 is 1.15 bits per heavy atom. The van der Waals surface area contributed by atoms with Crippen LogP contribution in [0, 0.1) is 11.8 Å². The molecular weight excluding hydrogens is 510 g/mol. The summed E-state index contributed by atoms with van der Waals surface area (Å²) in [6, 6.07) is 1.63. The van der Waals surface area contributed by atoms with E-state index in [9.17, 15) is 39.6 Å². The number of hydrogen-bond acceptors (Lipinski definition) is 11. The van der Waals surface area contributed by atoms with Gasteiger partial charge in [-0.1, -0.05) is 0 Å². The van der Waals surface area contributed by atoms with Crippen molar-refractivity contribution in [1.82, 2.24) is 9.80 Å². The maximum atomic E-state index is 13.8. The number of aliphatic hydroxyl groups is 3. The second-order valence-corrected chi connectivity index (χ2v) is 10.8. The number of aliphatic hydroxyl groups excluding tert-OH is 2. The monoisotopic (exact) mass is 541 g/mol. The number of Topliss-reactive ketones (excluding diaryl/α,β-unsaturated/α-hetero) is 3. The van der Waals surface area contributed by atoms with E-state index in [1.807, 2.05) is 4.90 Å². The van der Waals surface area contributed by atoms with Crippen LogP contribution in [-0.2, 0) is 20.7 Å². The first kappa shape index (κ1) is 27.0. The van der Waals surface area contributed by atoms with Crippen molar-refractivity contribution >= 4 is 23.3 Å². The topological polar surface area (TPSA) is 191 Å². The Bertz CT molecular complexity index is 1360. The summed E-state index contributed by atoms with van der Waals surface area (Å²) >= 11 is 0. The molecular formula is C27H31N3O9. The van der Waals surface area contributed by atoms with Gasteiger partial charge in [0.1, 0.15) is 22.8 Å². The van der Waals surface area contributed by atoms with Crippen molar-refractivity contribution in [3.63, 3.8) is 0 Å². The number of aromatic hydroxyl groups is 1. The van der Waals surface area contributed by atoms with E-state index >= 15 is 0 Å². The lowest BCUT2D eigenvalue weighted by Crippen LogP contribution is -2.63. The Kier molecular flexibility index (Phi) is 6.62. The molecule has 0 bridgehead atoms. The molecule has 3 aliphatic carbocycles. The van der Waals surface area contributed by atoms with Crippen molar-refractivity contribution in [2.45, 2.75) is 24.5 Å². The number of allylic oxidation sites excluding steroid dienone is 1. The summed E-state index contributed by atoms with van der Waals surface area (Å²) in [6.45, 7) is 2.27. The Labute approximate surface area is 223 Å². The first-order valence-corrected chi connectivity index (χ1v) is 12.7. The molecule has 0 spiro atoms. The second kappa shape index (κ2) is 9.56. The molecule has 0 aromatic heterocycles. The molecule has 4 aliphatic rings. The van der Waals surface area contributed by atoms with E-state index in [1.54, 1.807) is 14.1 Å². The number of amides is 1. The number of primary amides is 1. The number of rotatable bonds is 5. The SMILES string of the molecule is CN(C)C1C(O)=C(C(N)=O)C(=O)C2(O)C(O)=C3C(=O)c4c(O)ccc(C(=O)CN5CCOCC5)c4CC3CC12. The summed E-state index contributed by atoms with van der Waals surface area (Å²) in [5.41, 5.74) is 1.94. The molecule has 5 rings (SSSR count). The maximum absolute atomic E-state index is 13.8. The van der Waals surface area contributed by atoms with Gasteiger partial charge in [-0.25, -0.2) is 0 Å². The molecule has 1 heterocycles. The maximum Gasteiger partial charge on any atom is 0.255 e. The number of likely N-dealkylation sites (N-methyl/N-ethyl adjacent to an activating group) is 1. The standard InChI is InChI=1S/C27H31N3O9/c1-29(2)21-15-10-12-9-14-13(17(32)11-30-5-7-39-8-6-30)3-4-16(31)19(14)22(33)18(12)24(35)27(15,38)25(36)20(23(21)34)26(28)37/h3-4,12,15,21,31,34-35,38H,5-11H2,1-2H3,(H2,28,37). The molecule has 1 saturated heterocycles. The lowest BCUT2D eigenvalue weighted by atomic mass is 9.58. The smallest absolute Gasteiger partial charge is 0.255 e. The van der Waals surface area contributed by atoms with Crippen LogP contribution in [0.2, 0.25) is 0 Å². The van der Waals surface area contributed by atoms with E-state index in [4.69, 9.17) is 10.5 Å². The third-order valence-corrected chi connectivity index (χ3v) is 8.38. The number of phenolic OH excluding ortho intramolecular Hbond substituents is 1. The van der Waals surface area contributed by atoms with Gasteiger partial charge in [0.25, 0.3) is 5.91 Å². The van der Waals surface area contributed by atoms with Gasteiger partial charge in [0.2, 0.25) is 5.78 Å². The zero-order valence-corrected chi connectivity index (χ0v) is 21.6. The summed E-state index contributed by atoms with van der Waals surface area (Å²) in [7, 11) is 3.13. The number of fused-ring (bicyclic) bond motifs is 3. The van der Waals surface area contributed by atoms with E-state index in [0.29, 0.717) is 31.9 Å². The normalized spacial score (nSPS) is 29.3. The summed E-state index contributed by atoms with van der Waals surface area (Å²) in [4.78, 5) is 55.9. The number of carbonyl (C=O) groups is 4. The van der Waals surface area contributed by atoms with E-state index < -0.39 is 63.8 Å². The largest absolute Gasteiger partial charge is 0.510 e. The molecule has 1 aromatic carbocycles. The van der Waals surface area contributed by atoms with E-state index in [2.05, 4.69) is 0 Å². The van der Waals surface area contributed by atoms with Crippen LogP contribution in [0.4, 0.5) is 0 Å². The highest BCUT2D eigenvalue weighted by Crippen LogP contribution is 2.52. The van der Waals surface area contributed by atoms with Crippen LogP contribution in [0.15, 0.2) is 34.8 Å². The molecule has 4 atom stereocenters. The van der Waals surface area contributed by atoms with Gasteiger partial charge in [-0.05, 0) is 50.6 Å². The minimum atomic E-state index is -2.70. The third-order valence-electron chi connectivity index (χ3n) is 8.38. The quantitative estimate of drug-likeness (QED) is 0.241. The minimum absolute atomic E-state index is 0.0431. The third kappa shape index (κ3) is 3.97. The zero-order chi connectivity index (χ0) is 28.4. The molecule has 12 heteroatoms. The van der Waals surface area contributed by atoms with E-state index in [1.165, 1.54) is 17.0 Å². The van der Waals surface area contributed by atoms with Crippen LogP contribution in [0.3, 0.4) is 0 Å². The molecule has 1 amide bonds. The van der Waals surface area contributed by atoms with Gasteiger partial charge in [-0.3, -0.25) is 29.0 Å². The van der Waals surface area contributed by atoms with Crippen LogP contribution in [-0.4, -0.2) is 112 Å². The summed E-state index contributed by atoms with van der Waals surface area (Å²) in [5.74, 6) is -7.48. The van der Waals surface area contributed by atoms with E-state index in [0.717, 1.165) is 0 Å². The molecule has 4 unspecified atom stereocenters. The molecule has 0 saturated carbocycles. The van der Waals surface area contributed by atoms with Crippen molar-refractivity contribution in [2.75, 3.05) is 46.9 Å². The Morgan fingerprint density at radius 3 is 2.44 bits per heavy atom. The lowest BCUT2D eigenvalue weighted by Gasteiger charge is -2.50. The van der Waals surface area contributed by atoms with Crippen molar-refractivity contribution in [3.8, 4) is 5.75 Å². The second-order valence-electron chi connectivity index (χ2n) is 10.8. The van der Waals surface area contributed by atoms with Crippen molar-refractivity contribution < 1.29 is 44.3 Å². The molecule has 39 heavy (non-hydrogen) atoms. The van der Waals surface area contributed by atoms with Gasteiger partial charge in [0, 0.05) is 30.1 Å². The van der Waals surface area contributed by atoms with Crippen molar-refractivity contribution in [3.05, 3.63) is 51.5 Å². The van der Waals surface area contributed by atoms with Crippen molar-refractivity contribution in [1.29, 1.82) is 0 Å². The summed E-state index contributed by atoms with van der Waals surface area (Å²) in [5, 5.41) is 44.5. The van der Waals surface area contributed by atoms with Crippen LogP contribution < -0.4 is 5.73 Å². The number of hydrogen-bond donors (Lipinski definition) is 5. The van der Waals surface area contributed by atoms with Crippen molar-refractivity contribution in [2.24, 2.45) is 17.6 Å². The van der Waals surface area contributed by atoms with E-state index in [-0.39, 0.29) is 41.9 Å². The highest BCUT2D eigenvalue weighted by molar-refractivity contribution is 6.25. The van der Waals surface area contributed by atoms with Crippen LogP contribution in [0.25, 0.3) is 0 Å². The van der Waals surface area contributed by atoms with Gasteiger partial charge in [0.15, 0.2) is 17.2 Å². The van der Waals surface area contributed by atoms with Crippen LogP contribution in [0.1, 0.15) is 32.7 Å². The Balaban J connectivity index is 1.62. The van der Waals surface area contributed by atoms with Gasteiger partial charge in [-0.15, -0.1) is 0 Å². The average molecular weight is 542 g/mol. The number of ether oxygens (including phenoxy) is 1.